The topological polar surface area (TPSA) is 66.7 Å². The van der Waals surface area contributed by atoms with Crippen LogP contribution in [0, 0.1) is 0 Å². The van der Waals surface area contributed by atoms with Gasteiger partial charge in [-0.25, -0.2) is 0 Å². The van der Waals surface area contributed by atoms with Crippen LogP contribution in [0.1, 0.15) is 23.7 Å². The molecule has 0 radical (unpaired) electrons. The van der Waals surface area contributed by atoms with Gasteiger partial charge in [0.25, 0.3) is 0 Å². The van der Waals surface area contributed by atoms with Crippen molar-refractivity contribution in [3.8, 4) is 0 Å². The Labute approximate surface area is 87.7 Å². The fourth-order valence-electron chi connectivity index (χ4n) is 1.51. The number of nitrogens with one attached hydrogen (secondary N) is 1. The highest BCUT2D eigenvalue weighted by Gasteiger charge is 2.08. The Morgan fingerprint density at radius 2 is 2.40 bits per heavy atom. The second kappa shape index (κ2) is 4.27. The molecule has 0 spiro atoms. The maximum absolute atomic E-state index is 9.79. The largest absolute Gasteiger partial charge is 0.388 e. The molecular weight excluding hydrogens is 192 g/mol. The van der Waals surface area contributed by atoms with Gasteiger partial charge in [0.2, 0.25) is 0 Å². The van der Waals surface area contributed by atoms with Crippen molar-refractivity contribution in [2.24, 2.45) is 7.05 Å². The number of hydrogen-bond acceptors (Lipinski definition) is 3. The van der Waals surface area contributed by atoms with Crippen LogP contribution in [0.5, 0.6) is 0 Å². The summed E-state index contributed by atoms with van der Waals surface area (Å²) in [4.78, 5) is 0. The summed E-state index contributed by atoms with van der Waals surface area (Å²) in [6.45, 7) is 0. The maximum atomic E-state index is 9.79. The van der Waals surface area contributed by atoms with Crippen molar-refractivity contribution in [3.63, 3.8) is 0 Å². The van der Waals surface area contributed by atoms with E-state index >= 15 is 0 Å². The van der Waals surface area contributed by atoms with E-state index in [1.165, 1.54) is 0 Å². The Kier molecular flexibility index (Phi) is 2.82. The molecule has 2 rings (SSSR count). The molecule has 0 aromatic carbocycles. The number of aryl methyl sites for hydroxylation is 2. The molecule has 5 heteroatoms. The van der Waals surface area contributed by atoms with Crippen molar-refractivity contribution < 1.29 is 5.11 Å². The van der Waals surface area contributed by atoms with Gasteiger partial charge in [-0.1, -0.05) is 0 Å². The molecule has 2 N–H and O–H groups in total. The molecule has 0 saturated carbocycles. The Hall–Kier alpha value is -1.62. The fraction of sp³-hybridized carbons (Fsp3) is 0.400. The molecule has 1 atom stereocenters. The zero-order valence-corrected chi connectivity index (χ0v) is 8.59. The molecule has 5 nitrogen and oxygen atoms in total. The predicted octanol–water partition coefficient (Wildman–Crippen LogP) is 0.809. The van der Waals surface area contributed by atoms with E-state index in [0.717, 1.165) is 17.5 Å². The number of hydrogen-bond donors (Lipinski definition) is 2. The minimum absolute atomic E-state index is 0.455. The van der Waals surface area contributed by atoms with Crippen LogP contribution in [0.4, 0.5) is 0 Å². The van der Waals surface area contributed by atoms with Gasteiger partial charge < -0.3 is 5.11 Å². The van der Waals surface area contributed by atoms with E-state index in [1.807, 2.05) is 19.4 Å². The van der Waals surface area contributed by atoms with E-state index in [1.54, 1.807) is 17.1 Å². The molecule has 0 fully saturated rings. The Balaban J connectivity index is 1.88. The Bertz CT molecular complexity index is 407. The van der Waals surface area contributed by atoms with E-state index in [0.29, 0.717) is 6.42 Å². The van der Waals surface area contributed by atoms with E-state index in [-0.39, 0.29) is 0 Å². The zero-order valence-electron chi connectivity index (χ0n) is 8.59. The van der Waals surface area contributed by atoms with E-state index in [9.17, 15) is 5.11 Å². The monoisotopic (exact) mass is 206 g/mol. The molecule has 0 bridgehead atoms. The molecule has 0 saturated heterocycles. The number of aromatic nitrogens is 4. The third-order valence-corrected chi connectivity index (χ3v) is 2.37. The zero-order chi connectivity index (χ0) is 10.7. The lowest BCUT2D eigenvalue weighted by atomic mass is 10.1. The summed E-state index contributed by atoms with van der Waals surface area (Å²) in [5, 5.41) is 20.4. The summed E-state index contributed by atoms with van der Waals surface area (Å²) in [6.07, 6.45) is 8.20. The molecule has 0 aliphatic rings. The highest BCUT2D eigenvalue weighted by atomic mass is 16.3. The lowest BCUT2D eigenvalue weighted by Crippen LogP contribution is -1.97. The number of rotatable bonds is 4. The highest BCUT2D eigenvalue weighted by Crippen LogP contribution is 2.17. The van der Waals surface area contributed by atoms with Crippen molar-refractivity contribution in [1.29, 1.82) is 0 Å². The lowest BCUT2D eigenvalue weighted by Gasteiger charge is -2.06. The lowest BCUT2D eigenvalue weighted by molar-refractivity contribution is 0.168. The second-order valence-corrected chi connectivity index (χ2v) is 3.61. The average Bonchev–Trinajstić information content (AvgIpc) is 2.84. The normalized spacial score (nSPS) is 12.9. The first-order valence-corrected chi connectivity index (χ1v) is 4.90. The van der Waals surface area contributed by atoms with Crippen molar-refractivity contribution >= 4 is 0 Å². The van der Waals surface area contributed by atoms with Crippen LogP contribution in [0.2, 0.25) is 0 Å². The molecular formula is C10H14N4O. The van der Waals surface area contributed by atoms with Gasteiger partial charge >= 0.3 is 0 Å². The summed E-state index contributed by atoms with van der Waals surface area (Å²) in [5.74, 6) is 0. The summed E-state index contributed by atoms with van der Waals surface area (Å²) in [6, 6.07) is 0. The molecule has 80 valence electrons. The van der Waals surface area contributed by atoms with Gasteiger partial charge in [-0.3, -0.25) is 9.78 Å². The predicted molar refractivity (Wildman–Crippen MR) is 55.1 cm³/mol. The number of aliphatic hydroxyl groups is 1. The molecule has 2 aromatic rings. The third-order valence-electron chi connectivity index (χ3n) is 2.37. The molecule has 0 aliphatic heterocycles. The summed E-state index contributed by atoms with van der Waals surface area (Å²) < 4.78 is 1.76. The van der Waals surface area contributed by atoms with Gasteiger partial charge in [-0.2, -0.15) is 10.2 Å². The van der Waals surface area contributed by atoms with Crippen LogP contribution in [-0.2, 0) is 13.5 Å². The van der Waals surface area contributed by atoms with Gasteiger partial charge in [-0.05, 0) is 18.4 Å². The van der Waals surface area contributed by atoms with Crippen LogP contribution < -0.4 is 0 Å². The molecule has 0 amide bonds. The summed E-state index contributed by atoms with van der Waals surface area (Å²) in [7, 11) is 1.88. The summed E-state index contributed by atoms with van der Waals surface area (Å²) in [5.41, 5.74) is 1.97. The molecule has 2 aromatic heterocycles. The van der Waals surface area contributed by atoms with Gasteiger partial charge in [0.05, 0.1) is 18.5 Å². The van der Waals surface area contributed by atoms with Crippen molar-refractivity contribution in [2.45, 2.75) is 18.9 Å². The molecule has 0 aliphatic carbocycles. The maximum Gasteiger partial charge on any atom is 0.0823 e. The number of H-pyrrole nitrogens is 1. The van der Waals surface area contributed by atoms with Crippen LogP contribution in [0.15, 0.2) is 24.8 Å². The average molecular weight is 206 g/mol. The van der Waals surface area contributed by atoms with Crippen LogP contribution in [0.25, 0.3) is 0 Å². The first-order valence-electron chi connectivity index (χ1n) is 4.90. The van der Waals surface area contributed by atoms with Crippen LogP contribution >= 0.6 is 0 Å². The SMILES string of the molecule is Cn1cc(CCC(O)c2cn[nH]c2)cn1. The minimum Gasteiger partial charge on any atom is -0.388 e. The van der Waals surface area contributed by atoms with E-state index < -0.39 is 6.10 Å². The standard InChI is InChI=1S/C10H14N4O/c1-14-7-8(4-13-14)2-3-10(15)9-5-11-12-6-9/h4-7,10,15H,2-3H2,1H3,(H,11,12). The third kappa shape index (κ3) is 2.44. The number of nitrogens with zero attached hydrogens (tertiary/aromatic N) is 3. The van der Waals surface area contributed by atoms with Crippen LogP contribution in [0.3, 0.4) is 0 Å². The molecule has 1 unspecified atom stereocenters. The summed E-state index contributed by atoms with van der Waals surface area (Å²) >= 11 is 0. The van der Waals surface area contributed by atoms with Crippen molar-refractivity contribution in [2.75, 3.05) is 0 Å². The van der Waals surface area contributed by atoms with Gasteiger partial charge in [0, 0.05) is 25.0 Å². The smallest absolute Gasteiger partial charge is 0.0823 e. The van der Waals surface area contributed by atoms with Gasteiger partial charge in [0.15, 0.2) is 0 Å². The fourth-order valence-corrected chi connectivity index (χ4v) is 1.51. The Morgan fingerprint density at radius 3 is 3.00 bits per heavy atom. The first kappa shape index (κ1) is 9.92. The van der Waals surface area contributed by atoms with Crippen LogP contribution in [-0.4, -0.2) is 25.1 Å². The van der Waals surface area contributed by atoms with E-state index in [4.69, 9.17) is 0 Å². The molecule has 15 heavy (non-hydrogen) atoms. The van der Waals surface area contributed by atoms with Gasteiger partial charge in [0.1, 0.15) is 0 Å². The highest BCUT2D eigenvalue weighted by molar-refractivity contribution is 5.09. The number of aliphatic hydroxyl groups excluding tert-OH is 1. The van der Waals surface area contributed by atoms with Crippen molar-refractivity contribution in [3.05, 3.63) is 35.9 Å². The van der Waals surface area contributed by atoms with Crippen molar-refractivity contribution in [1.82, 2.24) is 20.0 Å². The minimum atomic E-state index is -0.455. The number of aromatic amines is 1. The second-order valence-electron chi connectivity index (χ2n) is 3.61. The molecule has 2 heterocycles. The van der Waals surface area contributed by atoms with Gasteiger partial charge in [-0.15, -0.1) is 0 Å². The Morgan fingerprint density at radius 1 is 1.53 bits per heavy atom. The first-order chi connectivity index (χ1) is 7.25. The van der Waals surface area contributed by atoms with E-state index in [2.05, 4.69) is 15.3 Å². The quantitative estimate of drug-likeness (QED) is 0.778.